The van der Waals surface area contributed by atoms with Crippen LogP contribution in [0.15, 0.2) is 47.1 Å². The molecule has 6 nitrogen and oxygen atoms in total. The Labute approximate surface area is 140 Å². The first-order valence-corrected chi connectivity index (χ1v) is 8.04. The Balaban J connectivity index is 1.57. The van der Waals surface area contributed by atoms with Crippen molar-refractivity contribution in [2.24, 2.45) is 0 Å². The third kappa shape index (κ3) is 3.42. The number of furan rings is 1. The summed E-state index contributed by atoms with van der Waals surface area (Å²) in [6.07, 6.45) is 1.49. The van der Waals surface area contributed by atoms with E-state index >= 15 is 0 Å². The highest BCUT2D eigenvalue weighted by molar-refractivity contribution is 5.95. The monoisotopic (exact) mass is 328 g/mol. The third-order valence-corrected chi connectivity index (χ3v) is 4.00. The fourth-order valence-electron chi connectivity index (χ4n) is 2.71. The van der Waals surface area contributed by atoms with Crippen LogP contribution in [0.4, 0.5) is 0 Å². The normalized spacial score (nSPS) is 14.5. The van der Waals surface area contributed by atoms with Gasteiger partial charge in [-0.2, -0.15) is 0 Å². The van der Waals surface area contributed by atoms with Crippen molar-refractivity contribution < 1.29 is 18.7 Å². The van der Waals surface area contributed by atoms with Gasteiger partial charge in [-0.15, -0.1) is 0 Å². The number of rotatable bonds is 4. The van der Waals surface area contributed by atoms with Crippen LogP contribution in [0.5, 0.6) is 5.75 Å². The van der Waals surface area contributed by atoms with Crippen molar-refractivity contribution >= 4 is 11.8 Å². The molecule has 2 aromatic rings. The smallest absolute Gasteiger partial charge is 0.289 e. The van der Waals surface area contributed by atoms with Crippen LogP contribution in [0.2, 0.25) is 0 Å². The first-order chi connectivity index (χ1) is 11.7. The molecule has 2 heterocycles. The molecule has 0 unspecified atom stereocenters. The number of benzene rings is 1. The molecule has 126 valence electrons. The zero-order chi connectivity index (χ0) is 16.9. The molecule has 1 aromatic carbocycles. The van der Waals surface area contributed by atoms with E-state index in [1.165, 1.54) is 6.26 Å². The zero-order valence-corrected chi connectivity index (χ0v) is 13.6. The van der Waals surface area contributed by atoms with Crippen LogP contribution in [-0.2, 0) is 0 Å². The highest BCUT2D eigenvalue weighted by atomic mass is 16.5. The maximum absolute atomic E-state index is 12.5. The number of piperazine rings is 1. The molecule has 0 bridgehead atoms. The minimum Gasteiger partial charge on any atom is -0.494 e. The molecule has 24 heavy (non-hydrogen) atoms. The largest absolute Gasteiger partial charge is 0.494 e. The van der Waals surface area contributed by atoms with Gasteiger partial charge in [-0.05, 0) is 43.3 Å². The Hall–Kier alpha value is -2.76. The van der Waals surface area contributed by atoms with E-state index in [9.17, 15) is 9.59 Å². The number of carbonyl (C=O) groups is 2. The molecule has 1 aromatic heterocycles. The van der Waals surface area contributed by atoms with Crippen LogP contribution in [0.3, 0.4) is 0 Å². The maximum atomic E-state index is 12.5. The third-order valence-electron chi connectivity index (χ3n) is 4.00. The Morgan fingerprint density at radius 1 is 1.00 bits per heavy atom. The fraction of sp³-hybridized carbons (Fsp3) is 0.333. The summed E-state index contributed by atoms with van der Waals surface area (Å²) in [4.78, 5) is 28.2. The molecule has 0 saturated carbocycles. The minimum absolute atomic E-state index is 0.0249. The Bertz CT molecular complexity index is 686. The topological polar surface area (TPSA) is 63.0 Å². The summed E-state index contributed by atoms with van der Waals surface area (Å²) >= 11 is 0. The van der Waals surface area contributed by atoms with Crippen molar-refractivity contribution in [3.05, 3.63) is 54.0 Å². The van der Waals surface area contributed by atoms with Gasteiger partial charge in [0.1, 0.15) is 5.75 Å². The van der Waals surface area contributed by atoms with Crippen molar-refractivity contribution in [1.82, 2.24) is 9.80 Å². The van der Waals surface area contributed by atoms with Crippen LogP contribution < -0.4 is 4.74 Å². The summed E-state index contributed by atoms with van der Waals surface area (Å²) in [6.45, 7) is 4.54. The quantitative estimate of drug-likeness (QED) is 0.864. The Morgan fingerprint density at radius 2 is 1.62 bits per heavy atom. The van der Waals surface area contributed by atoms with E-state index in [0.29, 0.717) is 44.1 Å². The first kappa shape index (κ1) is 16.1. The lowest BCUT2D eigenvalue weighted by molar-refractivity contribution is 0.0518. The lowest BCUT2D eigenvalue weighted by Crippen LogP contribution is -2.50. The van der Waals surface area contributed by atoms with Crippen molar-refractivity contribution in [3.63, 3.8) is 0 Å². The van der Waals surface area contributed by atoms with Crippen LogP contribution in [0, 0.1) is 0 Å². The highest BCUT2D eigenvalue weighted by Gasteiger charge is 2.26. The van der Waals surface area contributed by atoms with Gasteiger partial charge < -0.3 is 19.0 Å². The standard InChI is InChI=1S/C18H20N2O4/c1-2-23-15-7-5-14(6-8-15)17(21)19-9-11-20(12-10-19)18(22)16-4-3-13-24-16/h3-8,13H,2,9-12H2,1H3. The van der Waals surface area contributed by atoms with Gasteiger partial charge in [0.05, 0.1) is 12.9 Å². The minimum atomic E-state index is -0.131. The summed E-state index contributed by atoms with van der Waals surface area (Å²) < 4.78 is 10.5. The average Bonchev–Trinajstić information content (AvgIpc) is 3.16. The molecule has 1 fully saturated rings. The predicted octanol–water partition coefficient (Wildman–Crippen LogP) is 2.28. The van der Waals surface area contributed by atoms with Gasteiger partial charge in [-0.1, -0.05) is 0 Å². The van der Waals surface area contributed by atoms with E-state index in [1.807, 2.05) is 6.92 Å². The summed E-state index contributed by atoms with van der Waals surface area (Å²) in [6, 6.07) is 10.5. The lowest BCUT2D eigenvalue weighted by Gasteiger charge is -2.34. The van der Waals surface area contributed by atoms with Crippen molar-refractivity contribution in [2.75, 3.05) is 32.8 Å². The fourth-order valence-corrected chi connectivity index (χ4v) is 2.71. The SMILES string of the molecule is CCOc1ccc(C(=O)N2CCN(C(=O)c3ccco3)CC2)cc1. The van der Waals surface area contributed by atoms with Gasteiger partial charge in [0.25, 0.3) is 11.8 Å². The average molecular weight is 328 g/mol. The second-order valence-corrected chi connectivity index (χ2v) is 5.52. The molecule has 0 radical (unpaired) electrons. The summed E-state index contributed by atoms with van der Waals surface area (Å²) in [5.41, 5.74) is 0.629. The highest BCUT2D eigenvalue weighted by Crippen LogP contribution is 2.15. The van der Waals surface area contributed by atoms with Gasteiger partial charge in [0, 0.05) is 31.7 Å². The molecule has 0 N–H and O–H groups in total. The Kier molecular flexibility index (Phi) is 4.84. The molecule has 0 atom stereocenters. The summed E-state index contributed by atoms with van der Waals surface area (Å²) in [5, 5.41) is 0. The summed E-state index contributed by atoms with van der Waals surface area (Å²) in [7, 11) is 0. The maximum Gasteiger partial charge on any atom is 0.289 e. The molecule has 3 rings (SSSR count). The number of nitrogens with zero attached hydrogens (tertiary/aromatic N) is 2. The van der Waals surface area contributed by atoms with Crippen molar-refractivity contribution in [1.29, 1.82) is 0 Å². The van der Waals surface area contributed by atoms with Crippen molar-refractivity contribution in [2.45, 2.75) is 6.92 Å². The number of hydrogen-bond acceptors (Lipinski definition) is 4. The number of ether oxygens (including phenoxy) is 1. The number of carbonyl (C=O) groups excluding carboxylic acids is 2. The van der Waals surface area contributed by atoms with Crippen LogP contribution in [-0.4, -0.2) is 54.4 Å². The zero-order valence-electron chi connectivity index (χ0n) is 13.6. The lowest BCUT2D eigenvalue weighted by atomic mass is 10.1. The van der Waals surface area contributed by atoms with Gasteiger partial charge in [-0.25, -0.2) is 0 Å². The summed E-state index contributed by atoms with van der Waals surface area (Å²) in [5.74, 6) is 0.931. The van der Waals surface area contributed by atoms with Crippen LogP contribution in [0.25, 0.3) is 0 Å². The molecule has 0 aliphatic carbocycles. The van der Waals surface area contributed by atoms with Gasteiger partial charge >= 0.3 is 0 Å². The van der Waals surface area contributed by atoms with E-state index in [0.717, 1.165) is 5.75 Å². The van der Waals surface area contributed by atoms with Crippen LogP contribution in [0.1, 0.15) is 27.8 Å². The molecular formula is C18H20N2O4. The van der Waals surface area contributed by atoms with E-state index in [2.05, 4.69) is 0 Å². The van der Waals surface area contributed by atoms with E-state index in [-0.39, 0.29) is 11.8 Å². The van der Waals surface area contributed by atoms with E-state index < -0.39 is 0 Å². The molecule has 1 saturated heterocycles. The molecule has 1 aliphatic rings. The van der Waals surface area contributed by atoms with E-state index in [1.54, 1.807) is 46.2 Å². The van der Waals surface area contributed by atoms with Gasteiger partial charge in [0.2, 0.25) is 0 Å². The molecule has 0 spiro atoms. The Morgan fingerprint density at radius 3 is 2.17 bits per heavy atom. The van der Waals surface area contributed by atoms with Gasteiger partial charge in [-0.3, -0.25) is 9.59 Å². The van der Waals surface area contributed by atoms with Crippen molar-refractivity contribution in [3.8, 4) is 5.75 Å². The number of hydrogen-bond donors (Lipinski definition) is 0. The second-order valence-electron chi connectivity index (χ2n) is 5.52. The molecule has 1 aliphatic heterocycles. The molecule has 2 amide bonds. The second kappa shape index (κ2) is 7.21. The molecular weight excluding hydrogens is 308 g/mol. The predicted molar refractivity (Wildman–Crippen MR) is 88.1 cm³/mol. The first-order valence-electron chi connectivity index (χ1n) is 8.04. The van der Waals surface area contributed by atoms with Crippen LogP contribution >= 0.6 is 0 Å². The van der Waals surface area contributed by atoms with Gasteiger partial charge in [0.15, 0.2) is 5.76 Å². The number of amides is 2. The van der Waals surface area contributed by atoms with E-state index in [4.69, 9.17) is 9.15 Å². The molecule has 6 heteroatoms.